The molecule has 20 heavy (non-hydrogen) atoms. The molecule has 1 fully saturated rings. The Bertz CT molecular complexity index is 396. The minimum Gasteiger partial charge on any atom is -0.307 e. The quantitative estimate of drug-likeness (QED) is 0.778. The lowest BCUT2D eigenvalue weighted by Gasteiger charge is -2.42. The summed E-state index contributed by atoms with van der Waals surface area (Å²) >= 11 is 0. The predicted octanol–water partition coefficient (Wildman–Crippen LogP) is 5.19. The summed E-state index contributed by atoms with van der Waals surface area (Å²) in [5, 5.41) is 3.91. The van der Waals surface area contributed by atoms with Crippen molar-refractivity contribution >= 4 is 0 Å². The lowest BCUT2D eigenvalue weighted by molar-refractivity contribution is 0.147. The van der Waals surface area contributed by atoms with Gasteiger partial charge in [-0.05, 0) is 42.1 Å². The van der Waals surface area contributed by atoms with E-state index in [1.54, 1.807) is 0 Å². The molecule has 1 nitrogen and oxygen atoms in total. The molecule has 0 aromatic heterocycles. The summed E-state index contributed by atoms with van der Waals surface area (Å²) < 4.78 is 0. The molecule has 1 N–H and O–H groups in total. The fourth-order valence-corrected chi connectivity index (χ4v) is 3.20. The van der Waals surface area contributed by atoms with Crippen molar-refractivity contribution in [1.29, 1.82) is 0 Å². The second-order valence-corrected chi connectivity index (χ2v) is 8.07. The summed E-state index contributed by atoms with van der Waals surface area (Å²) in [5.74, 6) is 1.77. The summed E-state index contributed by atoms with van der Waals surface area (Å²) in [6.45, 7) is 11.7. The van der Waals surface area contributed by atoms with E-state index in [-0.39, 0.29) is 0 Å². The SMILES string of the molecule is CC(C)C1CC(NC(CC(C)(C)C)c2ccccc2)C1. The Balaban J connectivity index is 1.98. The predicted molar refractivity (Wildman–Crippen MR) is 87.7 cm³/mol. The Morgan fingerprint density at radius 3 is 2.20 bits per heavy atom. The van der Waals surface area contributed by atoms with Gasteiger partial charge in [-0.15, -0.1) is 0 Å². The molecule has 2 rings (SSSR count). The Kier molecular flexibility index (Phi) is 4.90. The van der Waals surface area contributed by atoms with Gasteiger partial charge in [0.25, 0.3) is 0 Å². The zero-order chi connectivity index (χ0) is 14.8. The second kappa shape index (κ2) is 6.30. The maximum Gasteiger partial charge on any atom is 0.0327 e. The summed E-state index contributed by atoms with van der Waals surface area (Å²) in [4.78, 5) is 0. The molecule has 1 aliphatic carbocycles. The zero-order valence-electron chi connectivity index (χ0n) is 13.8. The third-order valence-corrected chi connectivity index (χ3v) is 4.57. The molecule has 0 saturated heterocycles. The first kappa shape index (κ1) is 15.6. The van der Waals surface area contributed by atoms with E-state index in [1.807, 2.05) is 0 Å². The van der Waals surface area contributed by atoms with Crippen LogP contribution in [-0.2, 0) is 0 Å². The van der Waals surface area contributed by atoms with E-state index >= 15 is 0 Å². The molecule has 0 radical (unpaired) electrons. The lowest BCUT2D eigenvalue weighted by Crippen LogP contribution is -2.45. The first-order valence-corrected chi connectivity index (χ1v) is 8.16. The van der Waals surface area contributed by atoms with Crippen molar-refractivity contribution in [3.8, 4) is 0 Å². The average Bonchev–Trinajstić information content (AvgIpc) is 2.30. The molecular formula is C19H31N. The monoisotopic (exact) mass is 273 g/mol. The number of hydrogen-bond acceptors (Lipinski definition) is 1. The van der Waals surface area contributed by atoms with Crippen LogP contribution in [0.4, 0.5) is 0 Å². The molecule has 1 unspecified atom stereocenters. The number of rotatable bonds is 5. The van der Waals surface area contributed by atoms with E-state index in [2.05, 4.69) is 70.3 Å². The Morgan fingerprint density at radius 2 is 1.70 bits per heavy atom. The van der Waals surface area contributed by atoms with Crippen molar-refractivity contribution in [2.24, 2.45) is 17.3 Å². The van der Waals surface area contributed by atoms with Gasteiger partial charge in [-0.3, -0.25) is 0 Å². The molecule has 1 saturated carbocycles. The summed E-state index contributed by atoms with van der Waals surface area (Å²) in [6, 6.07) is 12.2. The molecule has 0 aliphatic heterocycles. The van der Waals surface area contributed by atoms with Crippen LogP contribution in [0.1, 0.15) is 65.5 Å². The van der Waals surface area contributed by atoms with Gasteiger partial charge in [-0.1, -0.05) is 65.0 Å². The number of nitrogens with one attached hydrogen (secondary N) is 1. The van der Waals surface area contributed by atoms with Crippen LogP contribution in [-0.4, -0.2) is 6.04 Å². The fourth-order valence-electron chi connectivity index (χ4n) is 3.20. The molecular weight excluding hydrogens is 242 g/mol. The highest BCUT2D eigenvalue weighted by Gasteiger charge is 2.33. The Hall–Kier alpha value is -0.820. The van der Waals surface area contributed by atoms with Crippen LogP contribution >= 0.6 is 0 Å². The smallest absolute Gasteiger partial charge is 0.0327 e. The molecule has 1 heteroatoms. The first-order valence-electron chi connectivity index (χ1n) is 8.16. The highest BCUT2D eigenvalue weighted by molar-refractivity contribution is 5.19. The molecule has 1 aliphatic rings. The van der Waals surface area contributed by atoms with Crippen molar-refractivity contribution in [2.45, 2.75) is 66.0 Å². The van der Waals surface area contributed by atoms with Gasteiger partial charge in [0.1, 0.15) is 0 Å². The molecule has 1 aromatic rings. The van der Waals surface area contributed by atoms with E-state index in [4.69, 9.17) is 0 Å². The van der Waals surface area contributed by atoms with E-state index in [9.17, 15) is 0 Å². The largest absolute Gasteiger partial charge is 0.307 e. The summed E-state index contributed by atoms with van der Waals surface area (Å²) in [6.07, 6.45) is 3.90. The van der Waals surface area contributed by atoms with Gasteiger partial charge >= 0.3 is 0 Å². The molecule has 0 bridgehead atoms. The van der Waals surface area contributed by atoms with Crippen LogP contribution in [0.15, 0.2) is 30.3 Å². The van der Waals surface area contributed by atoms with Gasteiger partial charge < -0.3 is 5.32 Å². The van der Waals surface area contributed by atoms with Gasteiger partial charge in [0.15, 0.2) is 0 Å². The van der Waals surface area contributed by atoms with Gasteiger partial charge in [-0.25, -0.2) is 0 Å². The highest BCUT2D eigenvalue weighted by atomic mass is 15.0. The van der Waals surface area contributed by atoms with E-state index < -0.39 is 0 Å². The number of hydrogen-bond donors (Lipinski definition) is 1. The van der Waals surface area contributed by atoms with Crippen LogP contribution in [0.3, 0.4) is 0 Å². The average molecular weight is 273 g/mol. The zero-order valence-corrected chi connectivity index (χ0v) is 13.8. The van der Waals surface area contributed by atoms with E-state index in [0.717, 1.165) is 17.9 Å². The third kappa shape index (κ3) is 4.34. The topological polar surface area (TPSA) is 12.0 Å². The Morgan fingerprint density at radius 1 is 1.10 bits per heavy atom. The maximum atomic E-state index is 3.91. The number of benzene rings is 1. The van der Waals surface area contributed by atoms with Crippen LogP contribution in [0.5, 0.6) is 0 Å². The minimum atomic E-state index is 0.356. The van der Waals surface area contributed by atoms with Gasteiger partial charge in [0.05, 0.1) is 0 Å². The molecule has 0 spiro atoms. The lowest BCUT2D eigenvalue weighted by atomic mass is 9.73. The molecule has 112 valence electrons. The summed E-state index contributed by atoms with van der Waals surface area (Å²) in [5.41, 5.74) is 1.80. The minimum absolute atomic E-state index is 0.356. The molecule has 0 heterocycles. The van der Waals surface area contributed by atoms with Gasteiger partial charge in [0, 0.05) is 12.1 Å². The molecule has 1 atom stereocenters. The van der Waals surface area contributed by atoms with E-state index in [1.165, 1.54) is 24.8 Å². The van der Waals surface area contributed by atoms with Crippen molar-refractivity contribution in [1.82, 2.24) is 5.32 Å². The van der Waals surface area contributed by atoms with Crippen molar-refractivity contribution in [3.05, 3.63) is 35.9 Å². The molecule has 1 aromatic carbocycles. The maximum absolute atomic E-state index is 3.91. The van der Waals surface area contributed by atoms with Crippen molar-refractivity contribution in [2.75, 3.05) is 0 Å². The van der Waals surface area contributed by atoms with Gasteiger partial charge in [-0.2, -0.15) is 0 Å². The highest BCUT2D eigenvalue weighted by Crippen LogP contribution is 2.37. The fraction of sp³-hybridized carbons (Fsp3) is 0.684. The second-order valence-electron chi connectivity index (χ2n) is 8.07. The molecule has 0 amide bonds. The van der Waals surface area contributed by atoms with Crippen molar-refractivity contribution in [3.63, 3.8) is 0 Å². The summed E-state index contributed by atoms with van der Waals surface area (Å²) in [7, 11) is 0. The standard InChI is InChI=1S/C19H31N/c1-14(2)16-11-17(12-16)20-18(13-19(3,4)5)15-9-7-6-8-10-15/h6-10,14,16-18,20H,11-13H2,1-5H3. The van der Waals surface area contributed by atoms with Crippen LogP contribution in [0, 0.1) is 17.3 Å². The Labute approximate surface area is 125 Å². The van der Waals surface area contributed by atoms with E-state index in [0.29, 0.717) is 11.5 Å². The van der Waals surface area contributed by atoms with Crippen molar-refractivity contribution < 1.29 is 0 Å². The van der Waals surface area contributed by atoms with Gasteiger partial charge in [0.2, 0.25) is 0 Å². The van der Waals surface area contributed by atoms with Crippen LogP contribution in [0.25, 0.3) is 0 Å². The normalized spacial score (nSPS) is 24.5. The first-order chi connectivity index (χ1) is 9.35. The van der Waals surface area contributed by atoms with Crippen LogP contribution in [0.2, 0.25) is 0 Å². The third-order valence-electron chi connectivity index (χ3n) is 4.57. The van der Waals surface area contributed by atoms with Crippen LogP contribution < -0.4 is 5.32 Å².